The van der Waals surface area contributed by atoms with Crippen LogP contribution in [0.2, 0.25) is 0 Å². The molecule has 1 N–H and O–H groups in total. The predicted octanol–water partition coefficient (Wildman–Crippen LogP) is 3.56. The maximum absolute atomic E-state index is 12.8. The van der Waals surface area contributed by atoms with E-state index < -0.39 is 42.1 Å². The van der Waals surface area contributed by atoms with Crippen LogP contribution in [0.25, 0.3) is 10.8 Å². The molecular formula is C22H16O10S3. The molecule has 0 atom stereocenters. The molecule has 0 radical (unpaired) electrons. The van der Waals surface area contributed by atoms with E-state index >= 15 is 0 Å². The molecule has 0 aromatic heterocycles. The number of benzene rings is 4. The van der Waals surface area contributed by atoms with Crippen molar-refractivity contribution >= 4 is 41.4 Å². The molecule has 35 heavy (non-hydrogen) atoms. The summed E-state index contributed by atoms with van der Waals surface area (Å²) in [5.41, 5.74) is 0. The first-order valence-electron chi connectivity index (χ1n) is 9.67. The summed E-state index contributed by atoms with van der Waals surface area (Å²) >= 11 is 0. The van der Waals surface area contributed by atoms with E-state index in [1.165, 1.54) is 72.8 Å². The zero-order valence-electron chi connectivity index (χ0n) is 17.5. The van der Waals surface area contributed by atoms with Crippen molar-refractivity contribution in [3.05, 3.63) is 91.0 Å². The average Bonchev–Trinajstić information content (AvgIpc) is 2.79. The molecule has 4 rings (SSSR count). The first-order chi connectivity index (χ1) is 16.4. The lowest BCUT2D eigenvalue weighted by Crippen LogP contribution is -2.13. The minimum atomic E-state index is -4.81. The SMILES string of the molecule is O=S(=O)(O)Oc1ccc2cc(OS(=O)(=O)c3ccccc3)c(OS(=O)(=O)c3ccccc3)cc2c1. The molecular weight excluding hydrogens is 520 g/mol. The maximum Gasteiger partial charge on any atom is 0.446 e. The maximum atomic E-state index is 12.8. The van der Waals surface area contributed by atoms with E-state index in [1.54, 1.807) is 12.1 Å². The average molecular weight is 537 g/mol. The summed E-state index contributed by atoms with van der Waals surface area (Å²) in [6, 6.07) is 20.4. The van der Waals surface area contributed by atoms with E-state index in [0.717, 1.165) is 6.07 Å². The zero-order valence-corrected chi connectivity index (χ0v) is 20.0. The Morgan fingerprint density at radius 3 is 1.43 bits per heavy atom. The van der Waals surface area contributed by atoms with Crippen molar-refractivity contribution in [2.75, 3.05) is 0 Å². The van der Waals surface area contributed by atoms with Gasteiger partial charge in [0.2, 0.25) is 0 Å². The van der Waals surface area contributed by atoms with Crippen LogP contribution in [-0.4, -0.2) is 29.8 Å². The van der Waals surface area contributed by atoms with Crippen molar-refractivity contribution < 1.29 is 42.4 Å². The Bertz CT molecular complexity index is 1700. The summed E-state index contributed by atoms with van der Waals surface area (Å²) in [4.78, 5) is -0.366. The van der Waals surface area contributed by atoms with Gasteiger partial charge in [-0.15, -0.1) is 0 Å². The summed E-state index contributed by atoms with van der Waals surface area (Å²) in [6.45, 7) is 0. The van der Waals surface area contributed by atoms with Crippen molar-refractivity contribution in [1.29, 1.82) is 0 Å². The van der Waals surface area contributed by atoms with Gasteiger partial charge in [0.15, 0.2) is 11.5 Å². The molecule has 0 spiro atoms. The van der Waals surface area contributed by atoms with Gasteiger partial charge in [-0.05, 0) is 59.3 Å². The van der Waals surface area contributed by atoms with E-state index in [4.69, 9.17) is 12.9 Å². The zero-order chi connectivity index (χ0) is 25.3. The van der Waals surface area contributed by atoms with E-state index in [1.807, 2.05) is 0 Å². The first kappa shape index (κ1) is 24.5. The molecule has 4 aromatic carbocycles. The molecule has 0 saturated heterocycles. The molecule has 4 aromatic rings. The highest BCUT2D eigenvalue weighted by molar-refractivity contribution is 7.87. The van der Waals surface area contributed by atoms with E-state index in [-0.39, 0.29) is 20.9 Å². The summed E-state index contributed by atoms with van der Waals surface area (Å²) in [6.07, 6.45) is 0. The smallest absolute Gasteiger partial charge is 0.375 e. The third-order valence-corrected chi connectivity index (χ3v) is 7.44. The quantitative estimate of drug-likeness (QED) is 0.261. The largest absolute Gasteiger partial charge is 0.446 e. The minimum absolute atomic E-state index is 0.172. The highest BCUT2D eigenvalue weighted by Gasteiger charge is 2.24. The molecule has 0 saturated carbocycles. The van der Waals surface area contributed by atoms with Gasteiger partial charge in [0.25, 0.3) is 0 Å². The Hall–Kier alpha value is -3.65. The highest BCUT2D eigenvalue weighted by Crippen LogP contribution is 2.37. The minimum Gasteiger partial charge on any atom is -0.375 e. The fourth-order valence-corrected chi connectivity index (χ4v) is 5.30. The van der Waals surface area contributed by atoms with Gasteiger partial charge >= 0.3 is 30.6 Å². The van der Waals surface area contributed by atoms with E-state index in [9.17, 15) is 25.3 Å². The van der Waals surface area contributed by atoms with Gasteiger partial charge < -0.3 is 12.5 Å². The Kier molecular flexibility index (Phi) is 6.42. The van der Waals surface area contributed by atoms with Crippen molar-refractivity contribution in [3.8, 4) is 17.2 Å². The highest BCUT2D eigenvalue weighted by atomic mass is 32.3. The molecule has 0 amide bonds. The third-order valence-electron chi connectivity index (χ3n) is 4.54. The molecule has 0 unspecified atom stereocenters. The van der Waals surface area contributed by atoms with Gasteiger partial charge in [0.1, 0.15) is 15.5 Å². The fourth-order valence-electron chi connectivity index (χ4n) is 3.04. The topological polar surface area (TPSA) is 150 Å². The first-order valence-corrected chi connectivity index (χ1v) is 13.8. The van der Waals surface area contributed by atoms with Crippen LogP contribution in [0.3, 0.4) is 0 Å². The molecule has 0 aliphatic heterocycles. The molecule has 0 heterocycles. The van der Waals surface area contributed by atoms with Crippen LogP contribution < -0.4 is 12.5 Å². The lowest BCUT2D eigenvalue weighted by Gasteiger charge is -2.14. The Morgan fingerprint density at radius 2 is 0.971 bits per heavy atom. The predicted molar refractivity (Wildman–Crippen MR) is 125 cm³/mol. The van der Waals surface area contributed by atoms with Gasteiger partial charge in [-0.25, -0.2) is 0 Å². The van der Waals surface area contributed by atoms with Gasteiger partial charge in [-0.1, -0.05) is 42.5 Å². The Labute approximate surface area is 201 Å². The van der Waals surface area contributed by atoms with Crippen molar-refractivity contribution in [2.45, 2.75) is 9.79 Å². The van der Waals surface area contributed by atoms with Gasteiger partial charge in [-0.2, -0.15) is 25.3 Å². The van der Waals surface area contributed by atoms with Gasteiger partial charge in [0, 0.05) is 0 Å². The van der Waals surface area contributed by atoms with Crippen molar-refractivity contribution in [2.24, 2.45) is 0 Å². The normalized spacial score (nSPS) is 12.3. The monoisotopic (exact) mass is 536 g/mol. The van der Waals surface area contributed by atoms with E-state index in [0.29, 0.717) is 5.39 Å². The second-order valence-electron chi connectivity index (χ2n) is 7.02. The molecule has 0 fully saturated rings. The second-order valence-corrected chi connectivity index (χ2v) is 11.1. The van der Waals surface area contributed by atoms with Crippen LogP contribution in [0.5, 0.6) is 17.2 Å². The molecule has 13 heteroatoms. The number of hydrogen-bond acceptors (Lipinski definition) is 9. The van der Waals surface area contributed by atoms with Crippen LogP contribution in [0.4, 0.5) is 0 Å². The lowest BCUT2D eigenvalue weighted by atomic mass is 10.1. The van der Waals surface area contributed by atoms with Gasteiger partial charge in [-0.3, -0.25) is 4.55 Å². The summed E-state index contributed by atoms with van der Waals surface area (Å²) in [7, 11) is -13.6. The number of rotatable bonds is 8. The van der Waals surface area contributed by atoms with E-state index in [2.05, 4.69) is 4.18 Å². The molecule has 182 valence electrons. The number of hydrogen-bond donors (Lipinski definition) is 1. The van der Waals surface area contributed by atoms with Crippen LogP contribution in [0.15, 0.2) is 101 Å². The Morgan fingerprint density at radius 1 is 0.514 bits per heavy atom. The summed E-state index contributed by atoms with van der Waals surface area (Å²) in [5.74, 6) is -1.18. The molecule has 10 nitrogen and oxygen atoms in total. The third kappa shape index (κ3) is 5.89. The summed E-state index contributed by atoms with van der Waals surface area (Å²) < 4.78 is 97.1. The van der Waals surface area contributed by atoms with Crippen LogP contribution in [0.1, 0.15) is 0 Å². The van der Waals surface area contributed by atoms with Crippen LogP contribution >= 0.6 is 0 Å². The Balaban J connectivity index is 1.84. The van der Waals surface area contributed by atoms with Crippen LogP contribution in [-0.2, 0) is 30.6 Å². The summed E-state index contributed by atoms with van der Waals surface area (Å²) in [5, 5.41) is 0.532. The van der Waals surface area contributed by atoms with Crippen molar-refractivity contribution in [3.63, 3.8) is 0 Å². The molecule has 0 aliphatic rings. The second kappa shape index (κ2) is 9.19. The van der Waals surface area contributed by atoms with Gasteiger partial charge in [0.05, 0.1) is 0 Å². The fraction of sp³-hybridized carbons (Fsp3) is 0. The standard InChI is InChI=1S/C22H16O10S3/c23-33(24,19-7-3-1-4-8-19)31-21-14-16-11-12-18(30-35(27,28)29)13-17(16)15-22(21)32-34(25,26)20-9-5-2-6-10-20/h1-15H,(H,27,28,29). The number of fused-ring (bicyclic) bond motifs is 1. The molecule has 0 aliphatic carbocycles. The van der Waals surface area contributed by atoms with Crippen LogP contribution in [0, 0.1) is 0 Å². The lowest BCUT2D eigenvalue weighted by molar-refractivity contribution is 0.387. The van der Waals surface area contributed by atoms with Crippen molar-refractivity contribution in [1.82, 2.24) is 0 Å². The molecule has 0 bridgehead atoms.